The SMILES string of the molecule is C[C@@H]1CCCC[C@@H]1N[C@@H]1CC(=O)N(c2ccccc2)C1=O. The molecule has 2 fully saturated rings. The van der Waals surface area contributed by atoms with E-state index in [2.05, 4.69) is 12.2 Å². The van der Waals surface area contributed by atoms with Gasteiger partial charge in [0.1, 0.15) is 0 Å². The molecule has 1 aromatic rings. The Morgan fingerprint density at radius 2 is 1.81 bits per heavy atom. The Labute approximate surface area is 125 Å². The number of amides is 2. The van der Waals surface area contributed by atoms with E-state index in [0.29, 0.717) is 17.6 Å². The lowest BCUT2D eigenvalue weighted by Crippen LogP contribution is -2.47. The van der Waals surface area contributed by atoms with Crippen LogP contribution in [0.1, 0.15) is 39.0 Å². The molecule has 1 N–H and O–H groups in total. The van der Waals surface area contributed by atoms with Crippen LogP contribution in [-0.2, 0) is 9.59 Å². The summed E-state index contributed by atoms with van der Waals surface area (Å²) in [5.74, 6) is 0.364. The number of benzene rings is 1. The number of nitrogens with one attached hydrogen (secondary N) is 1. The van der Waals surface area contributed by atoms with Crippen molar-refractivity contribution in [3.8, 4) is 0 Å². The van der Waals surface area contributed by atoms with Gasteiger partial charge in [-0.2, -0.15) is 0 Å². The Morgan fingerprint density at radius 3 is 2.52 bits per heavy atom. The molecular weight excluding hydrogens is 264 g/mol. The van der Waals surface area contributed by atoms with E-state index in [-0.39, 0.29) is 24.3 Å². The topological polar surface area (TPSA) is 49.4 Å². The van der Waals surface area contributed by atoms with Crippen LogP contribution in [0, 0.1) is 5.92 Å². The molecule has 112 valence electrons. The lowest BCUT2D eigenvalue weighted by atomic mass is 9.85. The van der Waals surface area contributed by atoms with Crippen molar-refractivity contribution in [2.75, 3.05) is 4.90 Å². The monoisotopic (exact) mass is 286 g/mol. The summed E-state index contributed by atoms with van der Waals surface area (Å²) >= 11 is 0. The molecule has 0 radical (unpaired) electrons. The number of hydrogen-bond acceptors (Lipinski definition) is 3. The molecule has 3 rings (SSSR count). The van der Waals surface area contributed by atoms with Gasteiger partial charge >= 0.3 is 0 Å². The molecule has 1 aliphatic carbocycles. The third-order valence-corrected chi connectivity index (χ3v) is 4.69. The lowest BCUT2D eigenvalue weighted by Gasteiger charge is -2.31. The first-order valence-electron chi connectivity index (χ1n) is 7.84. The van der Waals surface area contributed by atoms with Crippen molar-refractivity contribution >= 4 is 17.5 Å². The fourth-order valence-electron chi connectivity index (χ4n) is 3.43. The highest BCUT2D eigenvalue weighted by atomic mass is 16.2. The van der Waals surface area contributed by atoms with E-state index in [1.165, 1.54) is 24.2 Å². The van der Waals surface area contributed by atoms with E-state index in [0.717, 1.165) is 6.42 Å². The molecule has 1 heterocycles. The van der Waals surface area contributed by atoms with Crippen molar-refractivity contribution in [1.82, 2.24) is 5.32 Å². The van der Waals surface area contributed by atoms with E-state index < -0.39 is 0 Å². The van der Waals surface area contributed by atoms with Gasteiger partial charge in [0.15, 0.2) is 0 Å². The largest absolute Gasteiger partial charge is 0.302 e. The summed E-state index contributed by atoms with van der Waals surface area (Å²) in [5.41, 5.74) is 0.675. The summed E-state index contributed by atoms with van der Waals surface area (Å²) in [4.78, 5) is 26.0. The Kier molecular flexibility index (Phi) is 4.06. The second kappa shape index (κ2) is 5.98. The average Bonchev–Trinajstić information content (AvgIpc) is 2.77. The molecule has 1 saturated heterocycles. The van der Waals surface area contributed by atoms with Crippen molar-refractivity contribution < 1.29 is 9.59 Å². The first kappa shape index (κ1) is 14.3. The fraction of sp³-hybridized carbons (Fsp3) is 0.529. The minimum Gasteiger partial charge on any atom is -0.302 e. The Hall–Kier alpha value is -1.68. The third-order valence-electron chi connectivity index (χ3n) is 4.69. The van der Waals surface area contributed by atoms with Gasteiger partial charge in [-0.3, -0.25) is 9.59 Å². The molecule has 0 bridgehead atoms. The van der Waals surface area contributed by atoms with Gasteiger partial charge in [0.2, 0.25) is 5.91 Å². The van der Waals surface area contributed by atoms with Crippen LogP contribution in [-0.4, -0.2) is 23.9 Å². The minimum atomic E-state index is -0.358. The highest BCUT2D eigenvalue weighted by molar-refractivity contribution is 6.22. The maximum absolute atomic E-state index is 12.5. The number of carbonyl (C=O) groups is 2. The van der Waals surface area contributed by atoms with Crippen LogP contribution in [0.2, 0.25) is 0 Å². The molecule has 0 aromatic heterocycles. The van der Waals surface area contributed by atoms with E-state index >= 15 is 0 Å². The van der Waals surface area contributed by atoms with Gasteiger partial charge in [-0.05, 0) is 30.9 Å². The molecule has 1 aromatic carbocycles. The highest BCUT2D eigenvalue weighted by Gasteiger charge is 2.41. The smallest absolute Gasteiger partial charge is 0.251 e. The zero-order chi connectivity index (χ0) is 14.8. The summed E-state index contributed by atoms with van der Waals surface area (Å²) in [5, 5.41) is 3.44. The molecule has 3 atom stereocenters. The van der Waals surface area contributed by atoms with Crippen LogP contribution in [0.3, 0.4) is 0 Å². The van der Waals surface area contributed by atoms with Gasteiger partial charge in [-0.25, -0.2) is 4.90 Å². The van der Waals surface area contributed by atoms with Crippen molar-refractivity contribution in [3.05, 3.63) is 30.3 Å². The standard InChI is InChI=1S/C17H22N2O2/c1-12-7-5-6-10-14(12)18-15-11-16(20)19(17(15)21)13-8-3-2-4-9-13/h2-4,8-9,12,14-15,18H,5-7,10-11H2,1H3/t12-,14+,15-/m1/s1. The van der Waals surface area contributed by atoms with Crippen LogP contribution in [0.15, 0.2) is 30.3 Å². The van der Waals surface area contributed by atoms with Crippen LogP contribution in [0.5, 0.6) is 0 Å². The highest BCUT2D eigenvalue weighted by Crippen LogP contribution is 2.27. The van der Waals surface area contributed by atoms with Crippen molar-refractivity contribution in [2.45, 2.75) is 51.1 Å². The molecule has 1 saturated carbocycles. The number of hydrogen-bond donors (Lipinski definition) is 1. The van der Waals surface area contributed by atoms with E-state index in [1.54, 1.807) is 12.1 Å². The lowest BCUT2D eigenvalue weighted by molar-refractivity contribution is -0.121. The maximum Gasteiger partial charge on any atom is 0.251 e. The van der Waals surface area contributed by atoms with Crippen LogP contribution < -0.4 is 10.2 Å². The second-order valence-electron chi connectivity index (χ2n) is 6.19. The Balaban J connectivity index is 1.71. The van der Waals surface area contributed by atoms with Gasteiger partial charge in [0.05, 0.1) is 18.2 Å². The number of imide groups is 1. The maximum atomic E-state index is 12.5. The van der Waals surface area contributed by atoms with Crippen LogP contribution in [0.25, 0.3) is 0 Å². The third kappa shape index (κ3) is 2.86. The summed E-state index contributed by atoms with van der Waals surface area (Å²) in [7, 11) is 0. The normalized spacial score (nSPS) is 30.0. The minimum absolute atomic E-state index is 0.104. The zero-order valence-electron chi connectivity index (χ0n) is 12.4. The van der Waals surface area contributed by atoms with Crippen LogP contribution >= 0.6 is 0 Å². The van der Waals surface area contributed by atoms with Gasteiger partial charge < -0.3 is 5.32 Å². The number of rotatable bonds is 3. The van der Waals surface area contributed by atoms with E-state index in [9.17, 15) is 9.59 Å². The molecule has 2 amide bonds. The van der Waals surface area contributed by atoms with Crippen molar-refractivity contribution in [3.63, 3.8) is 0 Å². The van der Waals surface area contributed by atoms with Crippen molar-refractivity contribution in [2.24, 2.45) is 5.92 Å². The van der Waals surface area contributed by atoms with Crippen molar-refractivity contribution in [1.29, 1.82) is 0 Å². The van der Waals surface area contributed by atoms with Gasteiger partial charge in [-0.1, -0.05) is 38.0 Å². The van der Waals surface area contributed by atoms with Crippen LogP contribution in [0.4, 0.5) is 5.69 Å². The second-order valence-corrected chi connectivity index (χ2v) is 6.19. The molecule has 0 unspecified atom stereocenters. The molecule has 21 heavy (non-hydrogen) atoms. The predicted molar refractivity (Wildman–Crippen MR) is 81.9 cm³/mol. The quantitative estimate of drug-likeness (QED) is 0.869. The molecule has 2 aliphatic rings. The first-order valence-corrected chi connectivity index (χ1v) is 7.84. The summed E-state index contributed by atoms with van der Waals surface area (Å²) < 4.78 is 0. The summed E-state index contributed by atoms with van der Waals surface area (Å²) in [6, 6.07) is 9.19. The fourth-order valence-corrected chi connectivity index (χ4v) is 3.43. The zero-order valence-corrected chi connectivity index (χ0v) is 12.4. The summed E-state index contributed by atoms with van der Waals surface area (Å²) in [6.45, 7) is 2.23. The molecule has 1 aliphatic heterocycles. The number of para-hydroxylation sites is 1. The number of anilines is 1. The van der Waals surface area contributed by atoms with Gasteiger partial charge in [0.25, 0.3) is 5.91 Å². The molecule has 4 nitrogen and oxygen atoms in total. The molecule has 4 heteroatoms. The van der Waals surface area contributed by atoms with Gasteiger partial charge in [0, 0.05) is 6.04 Å². The summed E-state index contributed by atoms with van der Waals surface area (Å²) in [6.07, 6.45) is 5.06. The average molecular weight is 286 g/mol. The first-order chi connectivity index (χ1) is 10.2. The van der Waals surface area contributed by atoms with Gasteiger partial charge in [-0.15, -0.1) is 0 Å². The van der Waals surface area contributed by atoms with E-state index in [4.69, 9.17) is 0 Å². The Bertz CT molecular complexity index is 529. The Morgan fingerprint density at radius 1 is 1.10 bits per heavy atom. The number of nitrogens with zero attached hydrogens (tertiary/aromatic N) is 1. The predicted octanol–water partition coefficient (Wildman–Crippen LogP) is 2.49. The number of carbonyl (C=O) groups excluding carboxylic acids is 2. The van der Waals surface area contributed by atoms with E-state index in [1.807, 2.05) is 18.2 Å². The molecular formula is C17H22N2O2. The molecule has 0 spiro atoms.